The smallest absolute Gasteiger partial charge is 0.293 e. The molecule has 8 nitrogen and oxygen atoms in total. The van der Waals surface area contributed by atoms with Gasteiger partial charge in [0.05, 0.1) is 24.3 Å². The molecule has 1 aromatic heterocycles. The summed E-state index contributed by atoms with van der Waals surface area (Å²) < 4.78 is 12.7. The molecule has 2 aromatic carbocycles. The molecule has 0 spiro atoms. The Morgan fingerprint density at radius 3 is 2.66 bits per heavy atom. The zero-order valence-corrected chi connectivity index (χ0v) is 18.0. The van der Waals surface area contributed by atoms with Crippen molar-refractivity contribution in [3.8, 4) is 11.5 Å². The van der Waals surface area contributed by atoms with Gasteiger partial charge in [-0.15, -0.1) is 0 Å². The van der Waals surface area contributed by atoms with Crippen LogP contribution in [0, 0.1) is 0 Å². The van der Waals surface area contributed by atoms with Crippen molar-refractivity contribution in [1.29, 1.82) is 0 Å². The van der Waals surface area contributed by atoms with Gasteiger partial charge in [-0.05, 0) is 12.1 Å². The summed E-state index contributed by atoms with van der Waals surface area (Å²) in [5.74, 6) is -0.377. The van der Waals surface area contributed by atoms with Crippen molar-refractivity contribution in [2.24, 2.45) is 7.05 Å². The molecule has 2 heterocycles. The maximum Gasteiger partial charge on any atom is 0.293 e. The number of amides is 1. The fraction of sp³-hybridized carbons (Fsp3) is 0.333. The van der Waals surface area contributed by atoms with Gasteiger partial charge in [-0.3, -0.25) is 14.5 Å². The van der Waals surface area contributed by atoms with Crippen LogP contribution in [0.3, 0.4) is 0 Å². The summed E-state index contributed by atoms with van der Waals surface area (Å²) in [5, 5.41) is 13.7. The molecule has 1 fully saturated rings. The number of aromatic nitrogens is 1. The van der Waals surface area contributed by atoms with Gasteiger partial charge in [0.25, 0.3) is 11.5 Å². The van der Waals surface area contributed by atoms with Crippen LogP contribution in [-0.2, 0) is 18.3 Å². The molecule has 1 saturated heterocycles. The summed E-state index contributed by atoms with van der Waals surface area (Å²) in [6, 6.07) is 14.5. The molecule has 0 saturated carbocycles. The summed E-state index contributed by atoms with van der Waals surface area (Å²) >= 11 is 0. The van der Waals surface area contributed by atoms with Crippen LogP contribution in [0.4, 0.5) is 0 Å². The number of nitrogens with one attached hydrogen (secondary N) is 1. The Labute approximate surface area is 186 Å². The van der Waals surface area contributed by atoms with E-state index in [9.17, 15) is 14.7 Å². The van der Waals surface area contributed by atoms with Crippen molar-refractivity contribution in [3.05, 3.63) is 70.0 Å². The number of rotatable bonds is 7. The average Bonchev–Trinajstić information content (AvgIpc) is 2.83. The number of morpholine rings is 1. The van der Waals surface area contributed by atoms with E-state index in [0.29, 0.717) is 23.3 Å². The van der Waals surface area contributed by atoms with E-state index in [2.05, 4.69) is 10.2 Å². The standard InChI is InChI=1S/C24H27N3O5/c1-26-19-8-4-3-7-18(19)21(22(28)24(26)30)23(29)25-16-17-6-2-5-9-20(17)32-15-12-27-10-13-31-14-11-27/h2-9,28H,10-16H2,1H3,(H,25,29). The first-order chi connectivity index (χ1) is 15.6. The fourth-order valence-electron chi connectivity index (χ4n) is 3.87. The normalized spacial score (nSPS) is 14.4. The van der Waals surface area contributed by atoms with Crippen LogP contribution in [0.25, 0.3) is 10.9 Å². The summed E-state index contributed by atoms with van der Waals surface area (Å²) in [4.78, 5) is 27.6. The topological polar surface area (TPSA) is 93.0 Å². The highest BCUT2D eigenvalue weighted by molar-refractivity contribution is 6.08. The van der Waals surface area contributed by atoms with Crippen LogP contribution in [0.2, 0.25) is 0 Å². The van der Waals surface area contributed by atoms with Crippen molar-refractivity contribution in [3.63, 3.8) is 0 Å². The number of hydrogen-bond donors (Lipinski definition) is 2. The van der Waals surface area contributed by atoms with Gasteiger partial charge in [-0.2, -0.15) is 0 Å². The maximum atomic E-state index is 13.0. The van der Waals surface area contributed by atoms with Crippen LogP contribution >= 0.6 is 0 Å². The molecule has 168 valence electrons. The minimum atomic E-state index is -0.610. The van der Waals surface area contributed by atoms with Crippen LogP contribution in [0.15, 0.2) is 53.3 Å². The van der Waals surface area contributed by atoms with Crippen molar-refractivity contribution >= 4 is 16.8 Å². The van der Waals surface area contributed by atoms with E-state index in [1.54, 1.807) is 31.3 Å². The third kappa shape index (κ3) is 4.61. The molecule has 3 aromatic rings. The minimum absolute atomic E-state index is 0.0191. The molecule has 0 unspecified atom stereocenters. The number of para-hydroxylation sites is 2. The van der Waals surface area contributed by atoms with Crippen molar-refractivity contribution in [2.75, 3.05) is 39.5 Å². The molecule has 4 rings (SSSR count). The van der Waals surface area contributed by atoms with Gasteiger partial charge in [-0.25, -0.2) is 0 Å². The van der Waals surface area contributed by atoms with Gasteiger partial charge < -0.3 is 24.5 Å². The van der Waals surface area contributed by atoms with Crippen molar-refractivity contribution in [1.82, 2.24) is 14.8 Å². The predicted molar refractivity (Wildman–Crippen MR) is 121 cm³/mol. The van der Waals surface area contributed by atoms with E-state index in [1.807, 2.05) is 24.3 Å². The predicted octanol–water partition coefficient (Wildman–Crippen LogP) is 1.89. The number of hydrogen-bond acceptors (Lipinski definition) is 6. The summed E-state index contributed by atoms with van der Waals surface area (Å²) in [7, 11) is 1.57. The molecule has 1 aliphatic rings. The number of nitrogens with zero attached hydrogens (tertiary/aromatic N) is 2. The van der Waals surface area contributed by atoms with E-state index in [0.717, 1.165) is 38.4 Å². The van der Waals surface area contributed by atoms with Gasteiger partial charge in [0.2, 0.25) is 0 Å². The minimum Gasteiger partial charge on any atom is -0.502 e. The number of benzene rings is 2. The molecule has 2 N–H and O–H groups in total. The Bertz CT molecular complexity index is 1170. The third-order valence-corrected chi connectivity index (χ3v) is 5.69. The monoisotopic (exact) mass is 437 g/mol. The highest BCUT2D eigenvalue weighted by atomic mass is 16.5. The van der Waals surface area contributed by atoms with Gasteiger partial charge in [0, 0.05) is 44.2 Å². The second kappa shape index (κ2) is 9.84. The lowest BCUT2D eigenvalue weighted by molar-refractivity contribution is 0.0322. The van der Waals surface area contributed by atoms with Gasteiger partial charge >= 0.3 is 0 Å². The largest absolute Gasteiger partial charge is 0.502 e. The number of aryl methyl sites for hydroxylation is 1. The highest BCUT2D eigenvalue weighted by Crippen LogP contribution is 2.24. The van der Waals surface area contributed by atoms with Crippen molar-refractivity contribution < 1.29 is 19.4 Å². The number of pyridine rings is 1. The lowest BCUT2D eigenvalue weighted by Gasteiger charge is -2.26. The zero-order valence-electron chi connectivity index (χ0n) is 18.0. The van der Waals surface area contributed by atoms with Crippen LogP contribution in [-0.4, -0.2) is 59.9 Å². The molecule has 0 aliphatic carbocycles. The molecular formula is C24H27N3O5. The number of aromatic hydroxyl groups is 1. The fourth-order valence-corrected chi connectivity index (χ4v) is 3.87. The Hall–Kier alpha value is -3.36. The maximum absolute atomic E-state index is 13.0. The average molecular weight is 437 g/mol. The lowest BCUT2D eigenvalue weighted by Crippen LogP contribution is -2.38. The second-order valence-corrected chi connectivity index (χ2v) is 7.70. The molecule has 0 radical (unpaired) electrons. The number of carbonyl (C=O) groups is 1. The second-order valence-electron chi connectivity index (χ2n) is 7.70. The Balaban J connectivity index is 1.47. The molecular weight excluding hydrogens is 410 g/mol. The SMILES string of the molecule is Cn1c(=O)c(O)c(C(=O)NCc2ccccc2OCCN2CCOCC2)c2ccccc21. The number of fused-ring (bicyclic) bond motifs is 1. The van der Waals surface area contributed by atoms with E-state index >= 15 is 0 Å². The lowest BCUT2D eigenvalue weighted by atomic mass is 10.1. The van der Waals surface area contributed by atoms with Gasteiger partial charge in [-0.1, -0.05) is 36.4 Å². The molecule has 8 heteroatoms. The Morgan fingerprint density at radius 2 is 1.84 bits per heavy atom. The molecule has 1 aliphatic heterocycles. The summed E-state index contributed by atoms with van der Waals surface area (Å²) in [5.41, 5.74) is 0.762. The molecule has 32 heavy (non-hydrogen) atoms. The Kier molecular flexibility index (Phi) is 6.72. The summed E-state index contributed by atoms with van der Waals surface area (Å²) in [6.07, 6.45) is 0. The van der Waals surface area contributed by atoms with Gasteiger partial charge in [0.15, 0.2) is 5.75 Å². The molecule has 0 atom stereocenters. The molecule has 1 amide bonds. The Morgan fingerprint density at radius 1 is 1.12 bits per heavy atom. The van der Waals surface area contributed by atoms with E-state index in [4.69, 9.17) is 9.47 Å². The van der Waals surface area contributed by atoms with E-state index < -0.39 is 17.2 Å². The van der Waals surface area contributed by atoms with Crippen LogP contribution < -0.4 is 15.6 Å². The van der Waals surface area contributed by atoms with Crippen molar-refractivity contribution in [2.45, 2.75) is 6.54 Å². The van der Waals surface area contributed by atoms with Crippen LogP contribution in [0.5, 0.6) is 11.5 Å². The van der Waals surface area contributed by atoms with E-state index in [1.165, 1.54) is 4.57 Å². The van der Waals surface area contributed by atoms with E-state index in [-0.39, 0.29) is 12.1 Å². The first kappa shape index (κ1) is 21.9. The third-order valence-electron chi connectivity index (χ3n) is 5.69. The highest BCUT2D eigenvalue weighted by Gasteiger charge is 2.20. The first-order valence-electron chi connectivity index (χ1n) is 10.7. The summed E-state index contributed by atoms with van der Waals surface area (Å²) in [6.45, 7) is 4.82. The first-order valence-corrected chi connectivity index (χ1v) is 10.7. The quantitative estimate of drug-likeness (QED) is 0.586. The zero-order chi connectivity index (χ0) is 22.5. The van der Waals surface area contributed by atoms with Crippen LogP contribution in [0.1, 0.15) is 15.9 Å². The molecule has 0 bridgehead atoms. The van der Waals surface area contributed by atoms with Gasteiger partial charge in [0.1, 0.15) is 12.4 Å². The number of carbonyl (C=O) groups excluding carboxylic acids is 1. The number of ether oxygens (including phenoxy) is 2.